The molecule has 0 spiro atoms. The van der Waals surface area contributed by atoms with Crippen LogP contribution < -0.4 is 5.32 Å². The van der Waals surface area contributed by atoms with E-state index < -0.39 is 29.2 Å². The number of carbonyl (C=O) groups is 1. The SMILES string of the molecule is CC(C)(C)OC(=O)NCC(c1cc(F)cc(F)c1)c1ncccc1Br. The number of carbonyl (C=O) groups excluding carboxylic acids is 1. The predicted molar refractivity (Wildman–Crippen MR) is 94.4 cm³/mol. The average molecular weight is 413 g/mol. The minimum atomic E-state index is -0.690. The van der Waals surface area contributed by atoms with Gasteiger partial charge in [0.1, 0.15) is 17.2 Å². The Morgan fingerprint density at radius 1 is 1.28 bits per heavy atom. The van der Waals surface area contributed by atoms with Crippen molar-refractivity contribution in [1.82, 2.24) is 10.3 Å². The molecule has 134 valence electrons. The number of aromatic nitrogens is 1. The standard InChI is InChI=1S/C18H19BrF2N2O2/c1-18(2,3)25-17(24)23-10-14(16-15(19)5-4-6-22-16)11-7-12(20)9-13(21)8-11/h4-9,14H,10H2,1-3H3,(H,23,24). The highest BCUT2D eigenvalue weighted by atomic mass is 79.9. The number of nitrogens with zero attached hydrogens (tertiary/aromatic N) is 1. The molecule has 4 nitrogen and oxygen atoms in total. The first-order chi connectivity index (χ1) is 11.7. The zero-order valence-corrected chi connectivity index (χ0v) is 15.7. The summed E-state index contributed by atoms with van der Waals surface area (Å²) in [5.74, 6) is -1.93. The van der Waals surface area contributed by atoms with E-state index in [1.165, 1.54) is 12.1 Å². The van der Waals surface area contributed by atoms with Crippen molar-refractivity contribution in [2.24, 2.45) is 0 Å². The van der Waals surface area contributed by atoms with Gasteiger partial charge >= 0.3 is 6.09 Å². The first-order valence-corrected chi connectivity index (χ1v) is 8.48. The van der Waals surface area contributed by atoms with Crippen LogP contribution in [0.2, 0.25) is 0 Å². The second-order valence-electron chi connectivity index (χ2n) is 6.51. The lowest BCUT2D eigenvalue weighted by atomic mass is 9.94. The van der Waals surface area contributed by atoms with Crippen LogP contribution in [0.4, 0.5) is 13.6 Å². The van der Waals surface area contributed by atoms with Crippen LogP contribution in [0.1, 0.15) is 37.9 Å². The first kappa shape index (κ1) is 19.3. The lowest BCUT2D eigenvalue weighted by Gasteiger charge is -2.22. The molecular formula is C18H19BrF2N2O2. The van der Waals surface area contributed by atoms with E-state index in [4.69, 9.17) is 4.74 Å². The van der Waals surface area contributed by atoms with Crippen LogP contribution in [0.25, 0.3) is 0 Å². The molecule has 0 aliphatic heterocycles. The summed E-state index contributed by atoms with van der Waals surface area (Å²) in [4.78, 5) is 16.2. The number of alkyl carbamates (subject to hydrolysis) is 1. The summed E-state index contributed by atoms with van der Waals surface area (Å²) in [5.41, 5.74) is 0.285. The zero-order valence-electron chi connectivity index (χ0n) is 14.1. The van der Waals surface area contributed by atoms with Crippen molar-refractivity contribution in [2.75, 3.05) is 6.54 Å². The second-order valence-corrected chi connectivity index (χ2v) is 7.36. The maximum atomic E-state index is 13.6. The Morgan fingerprint density at radius 2 is 1.92 bits per heavy atom. The van der Waals surface area contributed by atoms with E-state index in [0.717, 1.165) is 6.07 Å². The Labute approximate surface area is 153 Å². The summed E-state index contributed by atoms with van der Waals surface area (Å²) in [5, 5.41) is 2.64. The van der Waals surface area contributed by atoms with Crippen molar-refractivity contribution in [2.45, 2.75) is 32.3 Å². The van der Waals surface area contributed by atoms with E-state index in [9.17, 15) is 13.6 Å². The monoisotopic (exact) mass is 412 g/mol. The van der Waals surface area contributed by atoms with Gasteiger partial charge in [0.05, 0.1) is 5.69 Å². The van der Waals surface area contributed by atoms with Crippen LogP contribution in [0.15, 0.2) is 41.0 Å². The Morgan fingerprint density at radius 3 is 2.48 bits per heavy atom. The van der Waals surface area contributed by atoms with Crippen LogP contribution in [0.5, 0.6) is 0 Å². The number of benzene rings is 1. The van der Waals surface area contributed by atoms with Crippen molar-refractivity contribution >= 4 is 22.0 Å². The molecular weight excluding hydrogens is 394 g/mol. The number of amides is 1. The minimum Gasteiger partial charge on any atom is -0.444 e. The third-order valence-electron chi connectivity index (χ3n) is 3.25. The molecule has 2 rings (SSSR count). The number of hydrogen-bond donors (Lipinski definition) is 1. The van der Waals surface area contributed by atoms with Gasteiger partial charge in [0.25, 0.3) is 0 Å². The van der Waals surface area contributed by atoms with Crippen molar-refractivity contribution in [1.29, 1.82) is 0 Å². The normalized spacial score (nSPS) is 12.6. The zero-order chi connectivity index (χ0) is 18.6. The third kappa shape index (κ3) is 5.77. The van der Waals surface area contributed by atoms with Gasteiger partial charge in [0.15, 0.2) is 0 Å². The molecule has 0 radical (unpaired) electrons. The van der Waals surface area contributed by atoms with Gasteiger partial charge in [-0.2, -0.15) is 0 Å². The molecule has 2 aromatic rings. The van der Waals surface area contributed by atoms with Crippen LogP contribution in [-0.2, 0) is 4.74 Å². The molecule has 0 aliphatic rings. The van der Waals surface area contributed by atoms with Gasteiger partial charge in [-0.05, 0) is 66.5 Å². The number of hydrogen-bond acceptors (Lipinski definition) is 3. The number of pyridine rings is 1. The highest BCUT2D eigenvalue weighted by molar-refractivity contribution is 9.10. The first-order valence-electron chi connectivity index (χ1n) is 7.69. The molecule has 0 saturated carbocycles. The van der Waals surface area contributed by atoms with Gasteiger partial charge in [0.2, 0.25) is 0 Å². The maximum absolute atomic E-state index is 13.6. The van der Waals surface area contributed by atoms with E-state index in [1.807, 2.05) is 0 Å². The molecule has 1 N–H and O–H groups in total. The highest BCUT2D eigenvalue weighted by Gasteiger charge is 2.22. The largest absolute Gasteiger partial charge is 0.444 e. The Hall–Kier alpha value is -2.02. The van der Waals surface area contributed by atoms with Gasteiger partial charge < -0.3 is 10.1 Å². The summed E-state index contributed by atoms with van der Waals surface area (Å²) < 4.78 is 33.2. The molecule has 1 atom stereocenters. The fraction of sp³-hybridized carbons (Fsp3) is 0.333. The second kappa shape index (κ2) is 7.91. The van der Waals surface area contributed by atoms with Crippen LogP contribution >= 0.6 is 15.9 Å². The summed E-state index contributed by atoms with van der Waals surface area (Å²) >= 11 is 3.39. The van der Waals surface area contributed by atoms with Crippen molar-refractivity contribution in [3.8, 4) is 0 Å². The fourth-order valence-corrected chi connectivity index (χ4v) is 2.83. The van der Waals surface area contributed by atoms with E-state index in [-0.39, 0.29) is 6.54 Å². The van der Waals surface area contributed by atoms with Gasteiger partial charge in [-0.15, -0.1) is 0 Å². The number of ether oxygens (including phenoxy) is 1. The third-order valence-corrected chi connectivity index (χ3v) is 3.92. The Balaban J connectivity index is 2.30. The van der Waals surface area contributed by atoms with E-state index >= 15 is 0 Å². The summed E-state index contributed by atoms with van der Waals surface area (Å²) in [6, 6.07) is 6.77. The topological polar surface area (TPSA) is 51.2 Å². The molecule has 1 aromatic carbocycles. The number of nitrogens with one attached hydrogen (secondary N) is 1. The minimum absolute atomic E-state index is 0.0768. The molecule has 7 heteroatoms. The molecule has 0 fully saturated rings. The summed E-state index contributed by atoms with van der Waals surface area (Å²) in [6.45, 7) is 5.33. The van der Waals surface area contributed by atoms with E-state index in [2.05, 4.69) is 26.2 Å². The van der Waals surface area contributed by atoms with Crippen molar-refractivity contribution in [3.05, 3.63) is 63.9 Å². The molecule has 1 unspecified atom stereocenters. The van der Waals surface area contributed by atoms with Crippen molar-refractivity contribution < 1.29 is 18.3 Å². The number of rotatable bonds is 4. The Bertz CT molecular complexity index is 743. The summed E-state index contributed by atoms with van der Waals surface area (Å²) in [7, 11) is 0. The van der Waals surface area contributed by atoms with E-state index in [0.29, 0.717) is 15.7 Å². The number of halogens is 3. The highest BCUT2D eigenvalue weighted by Crippen LogP contribution is 2.29. The molecule has 0 saturated heterocycles. The lowest BCUT2D eigenvalue weighted by Crippen LogP contribution is -2.35. The van der Waals surface area contributed by atoms with Gasteiger partial charge in [0, 0.05) is 29.2 Å². The lowest BCUT2D eigenvalue weighted by molar-refractivity contribution is 0.0526. The van der Waals surface area contributed by atoms with Crippen LogP contribution in [0, 0.1) is 11.6 Å². The fourth-order valence-electron chi connectivity index (χ4n) is 2.30. The molecule has 1 heterocycles. The van der Waals surface area contributed by atoms with Crippen molar-refractivity contribution in [3.63, 3.8) is 0 Å². The van der Waals surface area contributed by atoms with E-state index in [1.54, 1.807) is 39.1 Å². The quantitative estimate of drug-likeness (QED) is 0.785. The van der Waals surface area contributed by atoms with Gasteiger partial charge in [-0.3, -0.25) is 4.98 Å². The summed E-state index contributed by atoms with van der Waals surface area (Å²) in [6.07, 6.45) is 0.970. The maximum Gasteiger partial charge on any atom is 0.407 e. The van der Waals surface area contributed by atoms with Crippen LogP contribution in [-0.4, -0.2) is 23.2 Å². The Kier molecular flexibility index (Phi) is 6.11. The van der Waals surface area contributed by atoms with Gasteiger partial charge in [-0.1, -0.05) is 0 Å². The van der Waals surface area contributed by atoms with Crippen LogP contribution in [0.3, 0.4) is 0 Å². The molecule has 0 aliphatic carbocycles. The molecule has 1 amide bonds. The molecule has 25 heavy (non-hydrogen) atoms. The average Bonchev–Trinajstić information content (AvgIpc) is 2.46. The molecule has 0 bridgehead atoms. The smallest absolute Gasteiger partial charge is 0.407 e. The predicted octanol–water partition coefficient (Wildman–Crippen LogP) is 4.78. The molecule has 1 aromatic heterocycles. The van der Waals surface area contributed by atoms with Gasteiger partial charge in [-0.25, -0.2) is 13.6 Å².